The van der Waals surface area contributed by atoms with Crippen LogP contribution in [-0.2, 0) is 19.9 Å². The molecule has 0 saturated carbocycles. The highest BCUT2D eigenvalue weighted by molar-refractivity contribution is 8.08. The summed E-state index contributed by atoms with van der Waals surface area (Å²) in [6, 6.07) is 0. The molecule has 18 heavy (non-hydrogen) atoms. The van der Waals surface area contributed by atoms with Gasteiger partial charge in [0.2, 0.25) is 10.0 Å². The van der Waals surface area contributed by atoms with Gasteiger partial charge < -0.3 is 5.11 Å². The van der Waals surface area contributed by atoms with E-state index >= 15 is 0 Å². The van der Waals surface area contributed by atoms with Gasteiger partial charge in [-0.05, 0) is 0 Å². The summed E-state index contributed by atoms with van der Waals surface area (Å²) in [5.41, 5.74) is 0. The summed E-state index contributed by atoms with van der Waals surface area (Å²) in [5, 5.41) is 7.51. The summed E-state index contributed by atoms with van der Waals surface area (Å²) in [6.07, 6.45) is 2.15. The first-order valence-electron chi connectivity index (χ1n) is 4.45. The molecule has 0 radical (unpaired) electrons. The zero-order chi connectivity index (χ0) is 13.8. The van der Waals surface area contributed by atoms with Gasteiger partial charge in [-0.1, -0.05) is 23.2 Å². The van der Waals surface area contributed by atoms with E-state index in [1.807, 2.05) is 4.72 Å². The highest BCUT2D eigenvalue weighted by atomic mass is 32.3. The van der Waals surface area contributed by atoms with Crippen LogP contribution in [-0.4, -0.2) is 44.9 Å². The molecule has 10 heteroatoms. The lowest BCUT2D eigenvalue weighted by Crippen LogP contribution is -2.22. The van der Waals surface area contributed by atoms with Crippen LogP contribution in [0.5, 0.6) is 0 Å². The van der Waals surface area contributed by atoms with Crippen molar-refractivity contribution in [1.29, 1.82) is 0 Å². The van der Waals surface area contributed by atoms with Crippen molar-refractivity contribution < 1.29 is 21.9 Å². The first-order valence-corrected chi connectivity index (χ1v) is 8.98. The zero-order valence-corrected chi connectivity index (χ0v) is 11.7. The average molecular weight is 310 g/mol. The third-order valence-electron chi connectivity index (χ3n) is 1.41. The predicted molar refractivity (Wildman–Crippen MR) is 68.3 cm³/mol. The number of aromatic nitrogens is 1. The number of anilines is 1. The van der Waals surface area contributed by atoms with Crippen molar-refractivity contribution in [3.8, 4) is 11.8 Å². The second-order valence-corrected chi connectivity index (χ2v) is 8.51. The number of sulfonamides is 1. The van der Waals surface area contributed by atoms with E-state index in [1.54, 1.807) is 0 Å². The lowest BCUT2D eigenvalue weighted by Gasteiger charge is -2.02. The Labute approximate surface area is 109 Å². The first-order chi connectivity index (χ1) is 8.22. The van der Waals surface area contributed by atoms with Gasteiger partial charge in [-0.3, -0.25) is 4.72 Å². The number of hydrogen-bond donors (Lipinski definition) is 2. The van der Waals surface area contributed by atoms with Crippen LogP contribution in [0.1, 0.15) is 4.88 Å². The van der Waals surface area contributed by atoms with E-state index < -0.39 is 24.9 Å². The van der Waals surface area contributed by atoms with E-state index in [9.17, 15) is 16.8 Å². The fourth-order valence-electron chi connectivity index (χ4n) is 0.950. The highest BCUT2D eigenvalue weighted by Crippen LogP contribution is 2.18. The lowest BCUT2D eigenvalue weighted by molar-refractivity contribution is 0.350. The van der Waals surface area contributed by atoms with Gasteiger partial charge >= 0.3 is 0 Å². The smallest absolute Gasteiger partial charge is 0.248 e. The van der Waals surface area contributed by atoms with Crippen molar-refractivity contribution in [3.63, 3.8) is 0 Å². The summed E-state index contributed by atoms with van der Waals surface area (Å²) in [5.74, 6) is 4.93. The molecule has 0 saturated heterocycles. The Balaban J connectivity index is 2.82. The molecular weight excluding hydrogens is 300 g/mol. The first kappa shape index (κ1) is 14.9. The molecule has 0 fully saturated rings. The molecule has 7 nitrogen and oxygen atoms in total. The Kier molecular flexibility index (Phi) is 4.69. The van der Waals surface area contributed by atoms with E-state index in [-0.39, 0.29) is 11.7 Å². The molecule has 2 N–H and O–H groups in total. The molecule has 0 unspecified atom stereocenters. The van der Waals surface area contributed by atoms with Crippen molar-refractivity contribution >= 4 is 36.3 Å². The molecule has 100 valence electrons. The Morgan fingerprint density at radius 3 is 2.67 bits per heavy atom. The molecule has 0 atom stereocenters. The van der Waals surface area contributed by atoms with E-state index in [0.717, 1.165) is 17.6 Å². The lowest BCUT2D eigenvalue weighted by atomic mass is 10.5. The van der Waals surface area contributed by atoms with Crippen molar-refractivity contribution in [2.45, 2.75) is 0 Å². The summed E-state index contributed by atoms with van der Waals surface area (Å²) >= 11 is 0.945. The van der Waals surface area contributed by atoms with Gasteiger partial charge in [-0.2, -0.15) is 0 Å². The Bertz CT molecular complexity index is 678. The van der Waals surface area contributed by atoms with Crippen LogP contribution in [0.3, 0.4) is 0 Å². The van der Waals surface area contributed by atoms with Crippen LogP contribution in [0.25, 0.3) is 0 Å². The number of aliphatic hydroxyl groups is 1. The van der Waals surface area contributed by atoms with Gasteiger partial charge in [0, 0.05) is 6.26 Å². The second-order valence-electron chi connectivity index (χ2n) is 3.25. The number of nitrogens with zero attached hydrogens (tertiary/aromatic N) is 1. The van der Waals surface area contributed by atoms with Crippen LogP contribution in [0.4, 0.5) is 5.13 Å². The van der Waals surface area contributed by atoms with Crippen LogP contribution in [0.2, 0.25) is 0 Å². The maximum absolute atomic E-state index is 11.4. The monoisotopic (exact) mass is 310 g/mol. The highest BCUT2D eigenvalue weighted by Gasteiger charge is 2.19. The quantitative estimate of drug-likeness (QED) is 0.706. The van der Waals surface area contributed by atoms with E-state index in [2.05, 4.69) is 16.8 Å². The maximum Gasteiger partial charge on any atom is 0.248 e. The molecule has 0 aliphatic heterocycles. The van der Waals surface area contributed by atoms with Crippen molar-refractivity contribution in [1.82, 2.24) is 4.98 Å². The van der Waals surface area contributed by atoms with Crippen LogP contribution >= 0.6 is 11.3 Å². The molecule has 0 spiro atoms. The number of rotatable bonds is 4. The number of thiazole rings is 1. The Hall–Kier alpha value is -1.15. The van der Waals surface area contributed by atoms with E-state index in [1.165, 1.54) is 6.20 Å². The van der Waals surface area contributed by atoms with Gasteiger partial charge in [0.1, 0.15) is 6.61 Å². The van der Waals surface area contributed by atoms with Gasteiger partial charge in [0.25, 0.3) is 0 Å². The number of hydrogen-bond acceptors (Lipinski definition) is 7. The topological polar surface area (TPSA) is 113 Å². The normalized spacial score (nSPS) is 11.7. The summed E-state index contributed by atoms with van der Waals surface area (Å²) in [6.45, 7) is -0.312. The van der Waals surface area contributed by atoms with Crippen LogP contribution in [0, 0.1) is 11.8 Å². The summed E-state index contributed by atoms with van der Waals surface area (Å²) in [7, 11) is -7.63. The Morgan fingerprint density at radius 1 is 1.44 bits per heavy atom. The second kappa shape index (κ2) is 5.66. The van der Waals surface area contributed by atoms with Crippen LogP contribution < -0.4 is 4.72 Å². The third-order valence-corrected chi connectivity index (χ3v) is 5.82. The molecule has 0 bridgehead atoms. The number of aliphatic hydroxyl groups excluding tert-OH is 1. The molecule has 1 rings (SSSR count). The Morgan fingerprint density at radius 2 is 2.11 bits per heavy atom. The van der Waals surface area contributed by atoms with Crippen molar-refractivity contribution in [2.75, 3.05) is 22.7 Å². The third kappa shape index (κ3) is 5.46. The van der Waals surface area contributed by atoms with E-state index in [4.69, 9.17) is 5.11 Å². The number of nitrogens with one attached hydrogen (secondary N) is 1. The molecule has 0 aliphatic rings. The largest absolute Gasteiger partial charge is 0.384 e. The predicted octanol–water partition coefficient (Wildman–Crippen LogP) is -0.769. The minimum absolute atomic E-state index is 0.0286. The molecule has 1 aromatic rings. The van der Waals surface area contributed by atoms with Crippen LogP contribution in [0.15, 0.2) is 6.20 Å². The standard InChI is InChI=1S/C8H10N2O5S3/c1-17(12,13)6-18(14,15)10-8-9-5-7(16-8)3-2-4-11/h5,11H,4,6H2,1H3,(H,9,10). The molecule has 0 aliphatic carbocycles. The minimum atomic E-state index is -3.99. The summed E-state index contributed by atoms with van der Waals surface area (Å²) in [4.78, 5) is 4.19. The molecule has 0 amide bonds. The minimum Gasteiger partial charge on any atom is -0.384 e. The maximum atomic E-state index is 11.4. The van der Waals surface area contributed by atoms with Crippen molar-refractivity contribution in [2.24, 2.45) is 0 Å². The molecular formula is C8H10N2O5S3. The number of sulfone groups is 1. The fraction of sp³-hybridized carbons (Fsp3) is 0.375. The van der Waals surface area contributed by atoms with E-state index in [0.29, 0.717) is 4.88 Å². The average Bonchev–Trinajstić information content (AvgIpc) is 2.57. The zero-order valence-electron chi connectivity index (χ0n) is 9.24. The van der Waals surface area contributed by atoms with Crippen molar-refractivity contribution in [3.05, 3.63) is 11.1 Å². The molecule has 0 aromatic carbocycles. The summed E-state index contributed by atoms with van der Waals surface area (Å²) < 4.78 is 46.7. The van der Waals surface area contributed by atoms with Gasteiger partial charge in [0.05, 0.1) is 11.1 Å². The molecule has 1 heterocycles. The fourth-order valence-corrected chi connectivity index (χ4v) is 4.85. The van der Waals surface area contributed by atoms with Gasteiger partial charge in [-0.15, -0.1) is 0 Å². The van der Waals surface area contributed by atoms with Gasteiger partial charge in [0.15, 0.2) is 20.1 Å². The molecule has 1 aromatic heterocycles. The van der Waals surface area contributed by atoms with Gasteiger partial charge in [-0.25, -0.2) is 21.8 Å². The SMILES string of the molecule is CS(=O)(=O)CS(=O)(=O)Nc1ncc(C#CCO)s1.